The summed E-state index contributed by atoms with van der Waals surface area (Å²) in [4.78, 5) is 19.8. The molecule has 3 aromatic rings. The number of hydrogen-bond donors (Lipinski definition) is 2. The molecule has 0 radical (unpaired) electrons. The van der Waals surface area contributed by atoms with Crippen LogP contribution in [0.4, 0.5) is 0 Å². The van der Waals surface area contributed by atoms with Crippen molar-refractivity contribution in [3.8, 4) is 0 Å². The summed E-state index contributed by atoms with van der Waals surface area (Å²) in [6.45, 7) is 4.22. The van der Waals surface area contributed by atoms with Crippen LogP contribution in [0.5, 0.6) is 0 Å². The van der Waals surface area contributed by atoms with E-state index in [1.165, 1.54) is 5.56 Å². The van der Waals surface area contributed by atoms with E-state index < -0.39 is 0 Å². The van der Waals surface area contributed by atoms with E-state index in [4.69, 9.17) is 0 Å². The minimum Gasteiger partial charge on any atom is -0.309 e. The second-order valence-corrected chi connectivity index (χ2v) is 6.11. The summed E-state index contributed by atoms with van der Waals surface area (Å²) >= 11 is 0. The number of fused-ring (bicyclic) bond motifs is 1. The molecule has 1 aromatic heterocycles. The fourth-order valence-electron chi connectivity index (χ4n) is 3.01. The highest BCUT2D eigenvalue weighted by molar-refractivity contribution is 5.77. The van der Waals surface area contributed by atoms with Crippen LogP contribution >= 0.6 is 0 Å². The molecule has 0 amide bonds. The Balaban J connectivity index is 1.88. The number of benzene rings is 2. The molecule has 0 aliphatic carbocycles. The zero-order valence-electron chi connectivity index (χ0n) is 14.1. The molecule has 0 bridgehead atoms. The normalized spacial score (nSPS) is 13.8. The minimum atomic E-state index is -0.0870. The molecule has 0 aliphatic heterocycles. The van der Waals surface area contributed by atoms with E-state index >= 15 is 0 Å². The fraction of sp³-hybridized carbons (Fsp3) is 0.300. The molecule has 124 valence electrons. The van der Waals surface area contributed by atoms with Crippen LogP contribution in [0.2, 0.25) is 0 Å². The van der Waals surface area contributed by atoms with Crippen molar-refractivity contribution in [2.24, 2.45) is 0 Å². The first-order valence-corrected chi connectivity index (χ1v) is 8.49. The van der Waals surface area contributed by atoms with Gasteiger partial charge in [-0.1, -0.05) is 55.8 Å². The third kappa shape index (κ3) is 3.54. The van der Waals surface area contributed by atoms with E-state index in [1.807, 2.05) is 31.2 Å². The SMILES string of the molecule is CCC[C@H](N[C@@H](C)c1nc2ccccc2c(=O)[nH]1)c1ccccc1. The molecular weight excluding hydrogens is 298 g/mol. The van der Waals surface area contributed by atoms with Gasteiger partial charge in [-0.3, -0.25) is 4.79 Å². The van der Waals surface area contributed by atoms with Gasteiger partial charge in [-0.05, 0) is 31.0 Å². The summed E-state index contributed by atoms with van der Waals surface area (Å²) in [5.74, 6) is 0.677. The van der Waals surface area contributed by atoms with Crippen molar-refractivity contribution < 1.29 is 0 Å². The van der Waals surface area contributed by atoms with E-state index in [-0.39, 0.29) is 17.6 Å². The first-order chi connectivity index (χ1) is 11.7. The van der Waals surface area contributed by atoms with Gasteiger partial charge in [0.05, 0.1) is 16.9 Å². The van der Waals surface area contributed by atoms with Gasteiger partial charge in [-0.15, -0.1) is 0 Å². The summed E-state index contributed by atoms with van der Waals surface area (Å²) < 4.78 is 0. The molecule has 2 atom stereocenters. The van der Waals surface area contributed by atoms with Crippen LogP contribution in [0.25, 0.3) is 10.9 Å². The Hall–Kier alpha value is -2.46. The molecular formula is C20H23N3O. The molecule has 0 unspecified atom stereocenters. The van der Waals surface area contributed by atoms with Gasteiger partial charge in [-0.2, -0.15) is 0 Å². The third-order valence-electron chi connectivity index (χ3n) is 4.27. The van der Waals surface area contributed by atoms with E-state index in [2.05, 4.69) is 46.5 Å². The number of nitrogens with one attached hydrogen (secondary N) is 2. The maximum atomic E-state index is 12.3. The predicted octanol–water partition coefficient (Wildman–Crippen LogP) is 4.12. The molecule has 2 aromatic carbocycles. The average molecular weight is 321 g/mol. The lowest BCUT2D eigenvalue weighted by Crippen LogP contribution is -2.27. The lowest BCUT2D eigenvalue weighted by molar-refractivity contribution is 0.428. The van der Waals surface area contributed by atoms with E-state index in [0.717, 1.165) is 18.4 Å². The first-order valence-electron chi connectivity index (χ1n) is 8.49. The molecule has 4 heteroatoms. The maximum Gasteiger partial charge on any atom is 0.258 e. The molecule has 3 rings (SSSR count). The van der Waals surface area contributed by atoms with Crippen molar-refractivity contribution in [3.63, 3.8) is 0 Å². The monoisotopic (exact) mass is 321 g/mol. The van der Waals surface area contributed by atoms with Crippen LogP contribution in [-0.2, 0) is 0 Å². The Bertz CT molecular complexity index is 857. The Morgan fingerprint density at radius 1 is 1.08 bits per heavy atom. The first kappa shape index (κ1) is 16.4. The highest BCUT2D eigenvalue weighted by Crippen LogP contribution is 2.22. The summed E-state index contributed by atoms with van der Waals surface area (Å²) in [5.41, 5.74) is 1.90. The number of H-pyrrole nitrogens is 1. The largest absolute Gasteiger partial charge is 0.309 e. The second kappa shape index (κ2) is 7.41. The van der Waals surface area contributed by atoms with Crippen LogP contribution in [-0.4, -0.2) is 9.97 Å². The van der Waals surface area contributed by atoms with Crippen LogP contribution in [0.15, 0.2) is 59.4 Å². The Morgan fingerprint density at radius 2 is 1.79 bits per heavy atom. The molecule has 0 aliphatic rings. The lowest BCUT2D eigenvalue weighted by atomic mass is 10.0. The van der Waals surface area contributed by atoms with Crippen LogP contribution in [0.3, 0.4) is 0 Å². The van der Waals surface area contributed by atoms with Crippen molar-refractivity contribution in [1.29, 1.82) is 0 Å². The average Bonchev–Trinajstić information content (AvgIpc) is 2.62. The van der Waals surface area contributed by atoms with Crippen molar-refractivity contribution in [3.05, 3.63) is 76.3 Å². The number of rotatable bonds is 6. The number of aromatic nitrogens is 2. The Kier molecular flexibility index (Phi) is 5.06. The van der Waals surface area contributed by atoms with E-state index in [9.17, 15) is 4.79 Å². The molecule has 0 saturated heterocycles. The number of hydrogen-bond acceptors (Lipinski definition) is 3. The molecule has 1 heterocycles. The molecule has 2 N–H and O–H groups in total. The van der Waals surface area contributed by atoms with Gasteiger partial charge in [0.2, 0.25) is 0 Å². The number of aromatic amines is 1. The summed E-state index contributed by atoms with van der Waals surface area (Å²) in [5, 5.41) is 4.24. The van der Waals surface area contributed by atoms with Crippen molar-refractivity contribution >= 4 is 10.9 Å². The Morgan fingerprint density at radius 3 is 2.54 bits per heavy atom. The highest BCUT2D eigenvalue weighted by Gasteiger charge is 2.17. The van der Waals surface area contributed by atoms with Crippen molar-refractivity contribution in [2.75, 3.05) is 0 Å². The van der Waals surface area contributed by atoms with Gasteiger partial charge in [0.1, 0.15) is 5.82 Å². The van der Waals surface area contributed by atoms with Crippen LogP contribution in [0.1, 0.15) is 50.2 Å². The summed E-state index contributed by atoms with van der Waals surface area (Å²) in [6, 6.07) is 18.0. The molecule has 24 heavy (non-hydrogen) atoms. The van der Waals surface area contributed by atoms with E-state index in [0.29, 0.717) is 11.2 Å². The second-order valence-electron chi connectivity index (χ2n) is 6.11. The van der Waals surface area contributed by atoms with Gasteiger partial charge < -0.3 is 10.3 Å². The maximum absolute atomic E-state index is 12.3. The summed E-state index contributed by atoms with van der Waals surface area (Å²) in [7, 11) is 0. The van der Waals surface area contributed by atoms with Gasteiger partial charge in [0, 0.05) is 6.04 Å². The van der Waals surface area contributed by atoms with Crippen molar-refractivity contribution in [2.45, 2.75) is 38.8 Å². The number of para-hydroxylation sites is 1. The Labute approximate surface area is 142 Å². The van der Waals surface area contributed by atoms with Crippen molar-refractivity contribution in [1.82, 2.24) is 15.3 Å². The highest BCUT2D eigenvalue weighted by atomic mass is 16.1. The van der Waals surface area contributed by atoms with Gasteiger partial charge in [0.25, 0.3) is 5.56 Å². The predicted molar refractivity (Wildman–Crippen MR) is 98.0 cm³/mol. The quantitative estimate of drug-likeness (QED) is 0.718. The van der Waals surface area contributed by atoms with E-state index in [1.54, 1.807) is 6.07 Å². The lowest BCUT2D eigenvalue weighted by Gasteiger charge is -2.23. The standard InChI is InChI=1S/C20H23N3O/c1-3-9-17(15-10-5-4-6-11-15)21-14(2)19-22-18-13-8-7-12-16(18)20(24)23-19/h4-8,10-14,17,21H,3,9H2,1-2H3,(H,22,23,24)/t14-,17-/m0/s1. The molecule has 4 nitrogen and oxygen atoms in total. The number of nitrogens with zero attached hydrogens (tertiary/aromatic N) is 1. The summed E-state index contributed by atoms with van der Waals surface area (Å²) in [6.07, 6.45) is 2.12. The smallest absolute Gasteiger partial charge is 0.258 e. The van der Waals surface area contributed by atoms with Crippen LogP contribution in [0, 0.1) is 0 Å². The van der Waals surface area contributed by atoms with Crippen LogP contribution < -0.4 is 10.9 Å². The fourth-order valence-corrected chi connectivity index (χ4v) is 3.01. The minimum absolute atomic E-state index is 0.0425. The third-order valence-corrected chi connectivity index (χ3v) is 4.27. The van der Waals surface area contributed by atoms with Gasteiger partial charge >= 0.3 is 0 Å². The van der Waals surface area contributed by atoms with Gasteiger partial charge in [0.15, 0.2) is 0 Å². The zero-order valence-corrected chi connectivity index (χ0v) is 14.1. The molecule has 0 fully saturated rings. The topological polar surface area (TPSA) is 57.8 Å². The van der Waals surface area contributed by atoms with Gasteiger partial charge in [-0.25, -0.2) is 4.98 Å². The molecule has 0 saturated carbocycles. The zero-order chi connectivity index (χ0) is 16.9. The molecule has 0 spiro atoms.